The van der Waals surface area contributed by atoms with Gasteiger partial charge in [-0.3, -0.25) is 4.98 Å². The highest BCUT2D eigenvalue weighted by molar-refractivity contribution is 5.12. The number of aliphatic hydroxyl groups is 1. The Bertz CT molecular complexity index is 377. The summed E-state index contributed by atoms with van der Waals surface area (Å²) in [6.45, 7) is 2.44. The zero-order valence-corrected chi connectivity index (χ0v) is 10.9. The smallest absolute Gasteiger partial charge is 0.0573 e. The molecular formula is C15H22N2O. The maximum Gasteiger partial charge on any atom is 0.0573 e. The number of aromatic nitrogens is 1. The van der Waals surface area contributed by atoms with E-state index in [1.165, 1.54) is 0 Å². The summed E-state index contributed by atoms with van der Waals surface area (Å²) >= 11 is 0. The van der Waals surface area contributed by atoms with Crippen molar-refractivity contribution in [2.24, 2.45) is 5.92 Å². The molecule has 18 heavy (non-hydrogen) atoms. The van der Waals surface area contributed by atoms with E-state index < -0.39 is 0 Å². The summed E-state index contributed by atoms with van der Waals surface area (Å²) in [6, 6.07) is 6.73. The number of nitrogens with one attached hydrogen (secondary N) is 1. The third-order valence-corrected chi connectivity index (χ3v) is 3.44. The first-order chi connectivity index (χ1) is 8.83. The van der Waals surface area contributed by atoms with Crippen LogP contribution < -0.4 is 5.32 Å². The first-order valence-electron chi connectivity index (χ1n) is 6.79. The molecule has 0 saturated carbocycles. The molecule has 3 nitrogen and oxygen atoms in total. The van der Waals surface area contributed by atoms with Crippen molar-refractivity contribution >= 4 is 0 Å². The first kappa shape index (κ1) is 13.2. The molecular weight excluding hydrogens is 224 g/mol. The van der Waals surface area contributed by atoms with Gasteiger partial charge in [0.25, 0.3) is 0 Å². The van der Waals surface area contributed by atoms with Gasteiger partial charge in [-0.25, -0.2) is 0 Å². The normalized spacial score (nSPS) is 24.3. The van der Waals surface area contributed by atoms with Gasteiger partial charge in [0.1, 0.15) is 0 Å². The molecule has 0 spiro atoms. The van der Waals surface area contributed by atoms with Crippen LogP contribution in [0.15, 0.2) is 36.5 Å². The van der Waals surface area contributed by atoms with Crippen LogP contribution in [0.3, 0.4) is 0 Å². The largest absolute Gasteiger partial charge is 0.396 e. The monoisotopic (exact) mass is 246 g/mol. The summed E-state index contributed by atoms with van der Waals surface area (Å²) < 4.78 is 0. The number of nitrogens with zero attached hydrogens (tertiary/aromatic N) is 1. The molecule has 0 radical (unpaired) electrons. The fraction of sp³-hybridized carbons (Fsp3) is 0.533. The molecule has 1 aliphatic carbocycles. The number of rotatable bonds is 6. The summed E-state index contributed by atoms with van der Waals surface area (Å²) in [5.41, 5.74) is 1.11. The summed E-state index contributed by atoms with van der Waals surface area (Å²) in [4.78, 5) is 4.44. The number of pyridine rings is 1. The lowest BCUT2D eigenvalue weighted by molar-refractivity contribution is 0.244. The molecule has 3 heteroatoms. The van der Waals surface area contributed by atoms with Gasteiger partial charge >= 0.3 is 0 Å². The molecule has 0 aliphatic heterocycles. The van der Waals surface area contributed by atoms with E-state index in [4.69, 9.17) is 5.11 Å². The fourth-order valence-electron chi connectivity index (χ4n) is 2.48. The molecule has 0 unspecified atom stereocenters. The van der Waals surface area contributed by atoms with Gasteiger partial charge < -0.3 is 10.4 Å². The average Bonchev–Trinajstić information content (AvgIpc) is 2.87. The van der Waals surface area contributed by atoms with Crippen LogP contribution in [-0.2, 0) is 0 Å². The van der Waals surface area contributed by atoms with Gasteiger partial charge in [0, 0.05) is 30.8 Å². The van der Waals surface area contributed by atoms with E-state index in [-0.39, 0.29) is 6.61 Å². The van der Waals surface area contributed by atoms with Crippen molar-refractivity contribution in [2.45, 2.75) is 38.3 Å². The predicted molar refractivity (Wildman–Crippen MR) is 73.1 cm³/mol. The Labute approximate surface area is 109 Å². The molecule has 1 aromatic rings. The zero-order chi connectivity index (χ0) is 12.8. The highest BCUT2D eigenvalue weighted by Gasteiger charge is 2.21. The van der Waals surface area contributed by atoms with Crippen molar-refractivity contribution in [1.82, 2.24) is 10.3 Å². The summed E-state index contributed by atoms with van der Waals surface area (Å²) in [6.07, 6.45) is 9.34. The third kappa shape index (κ3) is 3.40. The lowest BCUT2D eigenvalue weighted by Gasteiger charge is -2.22. The standard InChI is InChI=1S/C15H22N2O/c1-2-5-15(14-6-3-4-9-16-14)17-13-8-7-12(10-13)11-18/h3-4,6-9,12-13,15,17-18H,2,5,10-11H2,1H3/t12-,13+,15-/m0/s1. The minimum absolute atomic E-state index is 0.247. The highest BCUT2D eigenvalue weighted by Crippen LogP contribution is 2.22. The molecule has 2 N–H and O–H groups in total. The summed E-state index contributed by atoms with van der Waals surface area (Å²) in [5, 5.41) is 12.8. The summed E-state index contributed by atoms with van der Waals surface area (Å²) in [7, 11) is 0. The van der Waals surface area contributed by atoms with Gasteiger partial charge in [-0.1, -0.05) is 31.6 Å². The van der Waals surface area contributed by atoms with Gasteiger partial charge in [-0.2, -0.15) is 0 Å². The Morgan fingerprint density at radius 2 is 2.33 bits per heavy atom. The third-order valence-electron chi connectivity index (χ3n) is 3.44. The van der Waals surface area contributed by atoms with Crippen LogP contribution in [0.1, 0.15) is 37.9 Å². The van der Waals surface area contributed by atoms with Crippen LogP contribution in [0.25, 0.3) is 0 Å². The maximum atomic E-state index is 9.15. The van der Waals surface area contributed by atoms with E-state index in [9.17, 15) is 0 Å². The van der Waals surface area contributed by atoms with E-state index in [0.29, 0.717) is 18.0 Å². The van der Waals surface area contributed by atoms with Crippen LogP contribution >= 0.6 is 0 Å². The van der Waals surface area contributed by atoms with Crippen LogP contribution in [0.4, 0.5) is 0 Å². The molecule has 98 valence electrons. The van der Waals surface area contributed by atoms with Crippen LogP contribution in [-0.4, -0.2) is 22.7 Å². The molecule has 1 aromatic heterocycles. The molecule has 0 fully saturated rings. The van der Waals surface area contributed by atoms with Crippen molar-refractivity contribution in [3.05, 3.63) is 42.2 Å². The minimum atomic E-state index is 0.247. The highest BCUT2D eigenvalue weighted by atomic mass is 16.3. The zero-order valence-electron chi connectivity index (χ0n) is 10.9. The lowest BCUT2D eigenvalue weighted by atomic mass is 10.0. The Hall–Kier alpha value is -1.19. The topological polar surface area (TPSA) is 45.1 Å². The predicted octanol–water partition coefficient (Wildman–Crippen LogP) is 2.45. The Kier molecular flexibility index (Phi) is 4.90. The van der Waals surface area contributed by atoms with Crippen molar-refractivity contribution in [2.75, 3.05) is 6.61 Å². The van der Waals surface area contributed by atoms with Gasteiger partial charge in [-0.05, 0) is 25.0 Å². The van der Waals surface area contributed by atoms with Crippen LogP contribution in [0.5, 0.6) is 0 Å². The minimum Gasteiger partial charge on any atom is -0.396 e. The lowest BCUT2D eigenvalue weighted by Crippen LogP contribution is -2.31. The fourth-order valence-corrected chi connectivity index (χ4v) is 2.48. The van der Waals surface area contributed by atoms with E-state index in [2.05, 4.69) is 35.4 Å². The second-order valence-electron chi connectivity index (χ2n) is 4.93. The number of aliphatic hydroxyl groups excluding tert-OH is 1. The Morgan fingerprint density at radius 1 is 1.44 bits per heavy atom. The van der Waals surface area contributed by atoms with Crippen LogP contribution in [0.2, 0.25) is 0 Å². The molecule has 1 aliphatic rings. The Morgan fingerprint density at radius 3 is 2.94 bits per heavy atom. The first-order valence-corrected chi connectivity index (χ1v) is 6.79. The van der Waals surface area contributed by atoms with E-state index in [1.807, 2.05) is 18.3 Å². The van der Waals surface area contributed by atoms with Crippen LogP contribution in [0, 0.1) is 5.92 Å². The van der Waals surface area contributed by atoms with E-state index in [1.54, 1.807) is 0 Å². The SMILES string of the molecule is CCC[C@H](N[C@@H]1C=C[C@H](CO)C1)c1ccccn1. The van der Waals surface area contributed by atoms with Gasteiger partial charge in [0.2, 0.25) is 0 Å². The molecule has 2 rings (SSSR count). The average molecular weight is 246 g/mol. The molecule has 1 heterocycles. The molecule has 0 bridgehead atoms. The maximum absolute atomic E-state index is 9.15. The van der Waals surface area contributed by atoms with Gasteiger partial charge in [-0.15, -0.1) is 0 Å². The summed E-state index contributed by atoms with van der Waals surface area (Å²) in [5.74, 6) is 0.313. The van der Waals surface area contributed by atoms with E-state index in [0.717, 1.165) is 25.0 Å². The van der Waals surface area contributed by atoms with Crippen molar-refractivity contribution in [3.63, 3.8) is 0 Å². The van der Waals surface area contributed by atoms with Crippen molar-refractivity contribution in [3.8, 4) is 0 Å². The van der Waals surface area contributed by atoms with Crippen molar-refractivity contribution in [1.29, 1.82) is 0 Å². The van der Waals surface area contributed by atoms with Crippen molar-refractivity contribution < 1.29 is 5.11 Å². The molecule has 3 atom stereocenters. The second kappa shape index (κ2) is 6.66. The number of hydrogen-bond donors (Lipinski definition) is 2. The van der Waals surface area contributed by atoms with E-state index >= 15 is 0 Å². The number of hydrogen-bond acceptors (Lipinski definition) is 3. The van der Waals surface area contributed by atoms with Gasteiger partial charge in [0.15, 0.2) is 0 Å². The molecule has 0 saturated heterocycles. The quantitative estimate of drug-likeness (QED) is 0.758. The van der Waals surface area contributed by atoms with Gasteiger partial charge in [0.05, 0.1) is 5.69 Å². The molecule has 0 amide bonds. The second-order valence-corrected chi connectivity index (χ2v) is 4.93. The Balaban J connectivity index is 1.97. The molecule has 0 aromatic carbocycles.